The Bertz CT molecular complexity index is 2930. The second kappa shape index (κ2) is 24.9. The van der Waals surface area contributed by atoms with Crippen LogP contribution >= 0.6 is 0 Å². The number of carbonyl (C=O) groups excluding carboxylic acids is 12. The van der Waals surface area contributed by atoms with Crippen LogP contribution in [0.25, 0.3) is 0 Å². The molecule has 2 spiro atoms. The van der Waals surface area contributed by atoms with Crippen molar-refractivity contribution in [2.45, 2.75) is 86.9 Å². The van der Waals surface area contributed by atoms with E-state index in [2.05, 4.69) is 16.0 Å². The van der Waals surface area contributed by atoms with Gasteiger partial charge in [0.1, 0.15) is 35.0 Å². The third-order valence-electron chi connectivity index (χ3n) is 16.8. The topological polar surface area (TPSA) is 307 Å². The fraction of sp³-hybridized carbons (Fsp3) is 0.571. The first-order chi connectivity index (χ1) is 40.2. The molecular weight excluding hydrogens is 1100 g/mol. The van der Waals surface area contributed by atoms with Gasteiger partial charge in [-0.1, -0.05) is 42.5 Å². The molecule has 3 N–H and O–H groups in total. The number of amides is 15. The molecule has 6 saturated heterocycles. The molecule has 6 heterocycles. The summed E-state index contributed by atoms with van der Waals surface area (Å²) in [4.78, 5) is 185. The second-order valence-electron chi connectivity index (χ2n) is 22.8. The maximum atomic E-state index is 15.5. The lowest BCUT2D eigenvalue weighted by Crippen LogP contribution is -2.58. The molecule has 0 bridgehead atoms. The van der Waals surface area contributed by atoms with Gasteiger partial charge >= 0.3 is 18.1 Å². The number of benzene rings is 2. The molecule has 15 amide bonds. The molecule has 28 nitrogen and oxygen atoms in total. The Hall–Kier alpha value is -8.24. The number of hydrogen-bond acceptors (Lipinski definition) is 16. The Balaban J connectivity index is 1.13. The average molecular weight is 1170 g/mol. The standard InChI is InChI=1S/C56H72N12O16/c1-54(57-51(78)63(35-69)26-37-11-12-37)23-40-46(73)60(17-20-81-2)30-44(71)67-34-56(50(77)65(53(80)59-56)28-38-13-15-39(84-5)16-14-38)25-42(67)48(75)62(19-22-83-4)31-45(72)68-33-55(49(76)64(52(79)58-55)27-36-9-7-6-8-10-36)24-41(68)47(74)61(18-21-82-3)29-43(70)66(40)32-54/h6-10,13-16,35,37,40-42H,11-12,17-34H2,1-5H3,(H,57,78)(H,58,79)(H,59,80)/t40-,41-,42-,54-,55-,56-/m0/s1. The van der Waals surface area contributed by atoms with Crippen LogP contribution in [0, 0.1) is 5.92 Å². The van der Waals surface area contributed by atoms with Crippen LogP contribution in [0.15, 0.2) is 54.6 Å². The van der Waals surface area contributed by atoms with Crippen molar-refractivity contribution in [3.05, 3.63) is 65.7 Å². The molecule has 6 aliphatic heterocycles. The summed E-state index contributed by atoms with van der Waals surface area (Å²) in [5.74, 6) is -5.95. The number of carbonyl (C=O) groups is 12. The zero-order valence-electron chi connectivity index (χ0n) is 47.8. The van der Waals surface area contributed by atoms with Gasteiger partial charge in [-0.3, -0.25) is 57.9 Å². The number of methoxy groups -OCH3 is 4. The van der Waals surface area contributed by atoms with Crippen molar-refractivity contribution >= 4 is 71.8 Å². The van der Waals surface area contributed by atoms with E-state index >= 15 is 28.8 Å². The number of rotatable bonds is 18. The van der Waals surface area contributed by atoms with Gasteiger partial charge in [0.15, 0.2) is 0 Å². The van der Waals surface area contributed by atoms with Gasteiger partial charge in [-0.2, -0.15) is 0 Å². The summed E-state index contributed by atoms with van der Waals surface area (Å²) in [5, 5.41) is 8.37. The van der Waals surface area contributed by atoms with Crippen LogP contribution in [0.3, 0.4) is 0 Å². The predicted octanol–water partition coefficient (Wildman–Crippen LogP) is -1.45. The fourth-order valence-corrected chi connectivity index (χ4v) is 12.1. The Morgan fingerprint density at radius 3 is 1.42 bits per heavy atom. The minimum absolute atomic E-state index is 0.115. The van der Waals surface area contributed by atoms with Crippen molar-refractivity contribution in [2.75, 3.05) is 114 Å². The van der Waals surface area contributed by atoms with E-state index in [0.29, 0.717) is 23.3 Å². The third-order valence-corrected chi connectivity index (χ3v) is 16.8. The molecule has 9 rings (SSSR count). The minimum Gasteiger partial charge on any atom is -0.497 e. The fourth-order valence-electron chi connectivity index (χ4n) is 12.1. The number of nitrogens with zero attached hydrogens (tertiary/aromatic N) is 9. The van der Waals surface area contributed by atoms with Crippen LogP contribution in [0.4, 0.5) is 14.4 Å². The van der Waals surface area contributed by atoms with Crippen LogP contribution in [-0.4, -0.2) is 264 Å². The molecule has 0 unspecified atom stereocenters. The number of nitrogens with one attached hydrogen (secondary N) is 3. The molecule has 452 valence electrons. The van der Waals surface area contributed by atoms with Crippen molar-refractivity contribution in [1.29, 1.82) is 0 Å². The lowest BCUT2D eigenvalue weighted by atomic mass is 9.95. The highest BCUT2D eigenvalue weighted by Crippen LogP contribution is 2.38. The SMILES string of the molecule is COCCN1CC(=O)N2C[C@]3(C[C@H]2C(=O)N(CCOC)CC(=O)N2C[C@]4(C[C@H]2C(=O)N(CCOC)CC(=O)N2C[C@@](C)(NC(=O)N(C=O)CC5CC5)C[C@H]2C1=O)NC(=O)N(Cc1ccccc1)C4=O)NC(=O)N(Cc1ccc(OC)cc1)C3=O. The molecule has 84 heavy (non-hydrogen) atoms. The van der Waals surface area contributed by atoms with Crippen molar-refractivity contribution in [3.63, 3.8) is 0 Å². The zero-order chi connectivity index (χ0) is 60.3. The zero-order valence-corrected chi connectivity index (χ0v) is 47.8. The number of ether oxygens (including phenoxy) is 4. The molecule has 2 aromatic rings. The van der Waals surface area contributed by atoms with Crippen LogP contribution < -0.4 is 20.7 Å². The highest BCUT2D eigenvalue weighted by atomic mass is 16.5. The molecule has 6 atom stereocenters. The third kappa shape index (κ3) is 12.4. The van der Waals surface area contributed by atoms with Gasteiger partial charge in [0.05, 0.1) is 78.3 Å². The van der Waals surface area contributed by atoms with E-state index in [1.807, 2.05) is 0 Å². The summed E-state index contributed by atoms with van der Waals surface area (Å²) in [6.07, 6.45) is 0.814. The lowest BCUT2D eigenvalue weighted by molar-refractivity contribution is -0.154. The lowest BCUT2D eigenvalue weighted by Gasteiger charge is -2.36. The Labute approximate surface area is 484 Å². The molecule has 1 aliphatic carbocycles. The van der Waals surface area contributed by atoms with E-state index in [0.717, 1.165) is 52.0 Å². The minimum atomic E-state index is -1.91. The normalized spacial score (nSPS) is 27.0. The molecule has 2 aromatic carbocycles. The molecule has 7 aliphatic rings. The number of hydrogen-bond donors (Lipinski definition) is 3. The number of imide groups is 3. The first-order valence-electron chi connectivity index (χ1n) is 27.9. The van der Waals surface area contributed by atoms with Gasteiger partial charge < -0.3 is 64.3 Å². The molecule has 0 radical (unpaired) electrons. The molecule has 0 aromatic heterocycles. The maximum absolute atomic E-state index is 15.5. The van der Waals surface area contributed by atoms with Crippen molar-refractivity contribution < 1.29 is 76.5 Å². The number of fused-ring (bicyclic) bond motifs is 3. The quantitative estimate of drug-likeness (QED) is 0.114. The summed E-state index contributed by atoms with van der Waals surface area (Å²) in [6.45, 7) is -3.66. The highest BCUT2D eigenvalue weighted by molar-refractivity contribution is 6.10. The van der Waals surface area contributed by atoms with Gasteiger partial charge in [-0.05, 0) is 48.9 Å². The van der Waals surface area contributed by atoms with Crippen molar-refractivity contribution in [3.8, 4) is 5.75 Å². The number of urea groups is 3. The second-order valence-corrected chi connectivity index (χ2v) is 22.8. The van der Waals surface area contributed by atoms with E-state index in [-0.39, 0.29) is 78.0 Å². The van der Waals surface area contributed by atoms with E-state index in [9.17, 15) is 28.8 Å². The Kier molecular flexibility index (Phi) is 17.9. The van der Waals surface area contributed by atoms with Crippen LogP contribution in [0.5, 0.6) is 5.75 Å². The summed E-state index contributed by atoms with van der Waals surface area (Å²) in [7, 11) is 5.57. The van der Waals surface area contributed by atoms with Crippen molar-refractivity contribution in [1.82, 2.24) is 60.0 Å². The summed E-state index contributed by atoms with van der Waals surface area (Å²) in [6, 6.07) is 8.28. The Morgan fingerprint density at radius 1 is 0.595 bits per heavy atom. The molecule has 7 fully saturated rings. The van der Waals surface area contributed by atoms with E-state index in [1.165, 1.54) is 33.3 Å². The van der Waals surface area contributed by atoms with E-state index in [1.54, 1.807) is 61.5 Å². The van der Waals surface area contributed by atoms with Crippen LogP contribution in [0.2, 0.25) is 0 Å². The van der Waals surface area contributed by atoms with Gasteiger partial charge in [-0.15, -0.1) is 0 Å². The van der Waals surface area contributed by atoms with Crippen LogP contribution in [0.1, 0.15) is 50.2 Å². The molecule has 28 heteroatoms. The van der Waals surface area contributed by atoms with Gasteiger partial charge in [0, 0.05) is 73.3 Å². The monoisotopic (exact) mass is 1170 g/mol. The largest absolute Gasteiger partial charge is 0.497 e. The summed E-state index contributed by atoms with van der Waals surface area (Å²) < 4.78 is 21.5. The summed E-state index contributed by atoms with van der Waals surface area (Å²) >= 11 is 0. The van der Waals surface area contributed by atoms with Gasteiger partial charge in [0.25, 0.3) is 11.8 Å². The van der Waals surface area contributed by atoms with E-state index < -0.39 is 146 Å². The van der Waals surface area contributed by atoms with Gasteiger partial charge in [0.2, 0.25) is 41.9 Å². The maximum Gasteiger partial charge on any atom is 0.325 e. The predicted molar refractivity (Wildman–Crippen MR) is 291 cm³/mol. The van der Waals surface area contributed by atoms with Gasteiger partial charge in [-0.25, -0.2) is 14.4 Å². The highest BCUT2D eigenvalue weighted by Gasteiger charge is 2.63. The smallest absolute Gasteiger partial charge is 0.325 e. The van der Waals surface area contributed by atoms with Crippen LogP contribution in [-0.2, 0) is 70.5 Å². The first-order valence-corrected chi connectivity index (χ1v) is 27.9. The average Bonchev–Trinajstić information content (AvgIpc) is 3.55. The molecule has 1 saturated carbocycles. The first kappa shape index (κ1) is 60.4. The molecular formula is C56H72N12O16. The Morgan fingerprint density at radius 2 is 1.01 bits per heavy atom. The summed E-state index contributed by atoms with van der Waals surface area (Å²) in [5.41, 5.74) is -4.04. The van der Waals surface area contributed by atoms with E-state index in [4.69, 9.17) is 18.9 Å². The van der Waals surface area contributed by atoms with Crippen molar-refractivity contribution in [2.24, 2.45) is 5.92 Å².